The Morgan fingerprint density at radius 2 is 1.73 bits per heavy atom. The van der Waals surface area contributed by atoms with Gasteiger partial charge in [-0.05, 0) is 85.9 Å². The van der Waals surface area contributed by atoms with E-state index in [4.69, 9.17) is 10.7 Å². The molecule has 1 aliphatic heterocycles. The minimum atomic E-state index is 0. The smallest absolute Gasteiger partial charge is 0.228 e. The lowest BCUT2D eigenvalue weighted by molar-refractivity contribution is -0.120. The molecule has 196 valence electrons. The molecule has 6 nitrogen and oxygen atoms in total. The number of nitrogens with zero attached hydrogens (tertiary/aromatic N) is 3. The monoisotopic (exact) mass is 519 g/mol. The summed E-state index contributed by atoms with van der Waals surface area (Å²) in [4.78, 5) is 24.9. The first-order valence-corrected chi connectivity index (χ1v) is 13.9. The molecule has 3 aromatic rings. The molecular formula is C30H38ClN5O. The number of benzene rings is 1. The quantitative estimate of drug-likeness (QED) is 0.410. The Bertz CT molecular complexity index is 1270. The van der Waals surface area contributed by atoms with E-state index in [-0.39, 0.29) is 30.3 Å². The van der Waals surface area contributed by atoms with Crippen molar-refractivity contribution in [1.82, 2.24) is 9.97 Å². The van der Waals surface area contributed by atoms with Crippen LogP contribution in [0.1, 0.15) is 69.0 Å². The van der Waals surface area contributed by atoms with Crippen LogP contribution in [0.5, 0.6) is 0 Å². The normalized spacial score (nSPS) is 20.2. The number of nitrogens with one attached hydrogen (secondary N) is 1. The van der Waals surface area contributed by atoms with Crippen LogP contribution in [0, 0.1) is 5.92 Å². The molecule has 6 rings (SSSR count). The number of hydrogen-bond acceptors (Lipinski definition) is 5. The number of carbonyl (C=O) groups excluding carboxylic acids is 1. The van der Waals surface area contributed by atoms with E-state index in [0.29, 0.717) is 5.82 Å². The largest absolute Gasteiger partial charge is 0.369 e. The molecular weight excluding hydrogens is 482 g/mol. The molecule has 1 amide bonds. The van der Waals surface area contributed by atoms with Crippen molar-refractivity contribution in [2.45, 2.75) is 76.7 Å². The third kappa shape index (κ3) is 5.46. The van der Waals surface area contributed by atoms with Crippen LogP contribution in [0.4, 0.5) is 11.5 Å². The number of halogens is 1. The van der Waals surface area contributed by atoms with Crippen LogP contribution in [-0.2, 0) is 17.6 Å². The molecule has 1 atom stereocenters. The van der Waals surface area contributed by atoms with Crippen molar-refractivity contribution in [3.8, 4) is 11.1 Å². The van der Waals surface area contributed by atoms with Crippen molar-refractivity contribution >= 4 is 40.7 Å². The van der Waals surface area contributed by atoms with Crippen molar-refractivity contribution in [2.24, 2.45) is 11.7 Å². The van der Waals surface area contributed by atoms with Crippen molar-refractivity contribution in [2.75, 3.05) is 23.3 Å². The predicted octanol–water partition coefficient (Wildman–Crippen LogP) is 6.04. The average molecular weight is 520 g/mol. The van der Waals surface area contributed by atoms with Crippen LogP contribution in [0.3, 0.4) is 0 Å². The number of rotatable bonds is 4. The van der Waals surface area contributed by atoms with E-state index in [1.807, 2.05) is 12.1 Å². The summed E-state index contributed by atoms with van der Waals surface area (Å²) in [5, 5.41) is 4.30. The van der Waals surface area contributed by atoms with E-state index >= 15 is 0 Å². The van der Waals surface area contributed by atoms with E-state index in [9.17, 15) is 4.79 Å². The Balaban J connectivity index is 0.00000280. The molecule has 2 fully saturated rings. The molecule has 3 aliphatic rings. The Morgan fingerprint density at radius 1 is 0.946 bits per heavy atom. The second kappa shape index (κ2) is 11.4. The van der Waals surface area contributed by atoms with Crippen LogP contribution in [0.2, 0.25) is 0 Å². The Labute approximate surface area is 225 Å². The van der Waals surface area contributed by atoms with Gasteiger partial charge in [0.15, 0.2) is 0 Å². The van der Waals surface area contributed by atoms with Crippen molar-refractivity contribution in [3.63, 3.8) is 0 Å². The van der Waals surface area contributed by atoms with Gasteiger partial charge in [0.1, 0.15) is 5.82 Å². The Morgan fingerprint density at radius 3 is 2.54 bits per heavy atom. The summed E-state index contributed by atoms with van der Waals surface area (Å²) in [5.41, 5.74) is 13.7. The predicted molar refractivity (Wildman–Crippen MR) is 153 cm³/mol. The molecule has 3 N–H and O–H groups in total. The third-order valence-electron chi connectivity index (χ3n) is 8.34. The molecule has 2 aromatic heterocycles. The molecule has 1 saturated carbocycles. The number of nitrogens with two attached hydrogens (primary N) is 1. The van der Waals surface area contributed by atoms with E-state index in [0.717, 1.165) is 74.7 Å². The van der Waals surface area contributed by atoms with Crippen molar-refractivity contribution < 1.29 is 4.79 Å². The van der Waals surface area contributed by atoms with Gasteiger partial charge in [-0.3, -0.25) is 9.78 Å². The first-order valence-electron chi connectivity index (χ1n) is 13.9. The number of anilines is 2. The molecule has 0 bridgehead atoms. The molecule has 3 heterocycles. The second-order valence-corrected chi connectivity index (χ2v) is 10.9. The van der Waals surface area contributed by atoms with Gasteiger partial charge in [-0.25, -0.2) is 4.98 Å². The zero-order valence-corrected chi connectivity index (χ0v) is 22.4. The highest BCUT2D eigenvalue weighted by Crippen LogP contribution is 2.39. The summed E-state index contributed by atoms with van der Waals surface area (Å²) in [5.74, 6) is 0.854. The number of aryl methyl sites for hydroxylation is 1. The summed E-state index contributed by atoms with van der Waals surface area (Å²) >= 11 is 0. The van der Waals surface area contributed by atoms with Crippen molar-refractivity contribution in [3.05, 3.63) is 47.8 Å². The molecule has 37 heavy (non-hydrogen) atoms. The summed E-state index contributed by atoms with van der Waals surface area (Å²) in [6, 6.07) is 10.9. The fraction of sp³-hybridized carbons (Fsp3) is 0.500. The van der Waals surface area contributed by atoms with Crippen LogP contribution < -0.4 is 16.0 Å². The highest BCUT2D eigenvalue weighted by Gasteiger charge is 2.27. The van der Waals surface area contributed by atoms with E-state index in [1.54, 1.807) is 6.20 Å². The minimum absolute atomic E-state index is 0. The lowest BCUT2D eigenvalue weighted by Gasteiger charge is -2.25. The maximum Gasteiger partial charge on any atom is 0.228 e. The van der Waals surface area contributed by atoms with Gasteiger partial charge in [-0.15, -0.1) is 12.4 Å². The highest BCUT2D eigenvalue weighted by molar-refractivity contribution is 5.97. The van der Waals surface area contributed by atoms with Gasteiger partial charge in [-0.2, -0.15) is 0 Å². The van der Waals surface area contributed by atoms with Crippen LogP contribution >= 0.6 is 12.4 Å². The van der Waals surface area contributed by atoms with E-state index in [1.165, 1.54) is 48.0 Å². The molecule has 1 unspecified atom stereocenters. The molecule has 1 aromatic carbocycles. The van der Waals surface area contributed by atoms with Gasteiger partial charge in [0, 0.05) is 42.3 Å². The van der Waals surface area contributed by atoms with Gasteiger partial charge in [0.05, 0.1) is 11.2 Å². The van der Waals surface area contributed by atoms with Crippen LogP contribution in [-0.4, -0.2) is 35.0 Å². The van der Waals surface area contributed by atoms with Crippen LogP contribution in [0.25, 0.3) is 22.0 Å². The molecule has 1 saturated heterocycles. The maximum absolute atomic E-state index is 12.8. The zero-order chi connectivity index (χ0) is 24.5. The average Bonchev–Trinajstić information content (AvgIpc) is 3.20. The Kier molecular flexibility index (Phi) is 7.96. The molecule has 2 aliphatic carbocycles. The first kappa shape index (κ1) is 25.9. The molecule has 0 spiro atoms. The number of pyridine rings is 2. The fourth-order valence-electron chi connectivity index (χ4n) is 6.38. The number of carbonyl (C=O) groups is 1. The Hall–Kier alpha value is -2.70. The van der Waals surface area contributed by atoms with Gasteiger partial charge < -0.3 is 16.0 Å². The highest BCUT2D eigenvalue weighted by atomic mass is 35.5. The maximum atomic E-state index is 12.8. The number of amides is 1. The summed E-state index contributed by atoms with van der Waals surface area (Å²) in [6.45, 7) is 1.91. The van der Waals surface area contributed by atoms with Gasteiger partial charge in [-0.1, -0.05) is 31.7 Å². The van der Waals surface area contributed by atoms with Crippen molar-refractivity contribution in [1.29, 1.82) is 0 Å². The molecule has 0 radical (unpaired) electrons. The van der Waals surface area contributed by atoms with Crippen LogP contribution in [0.15, 0.2) is 36.5 Å². The van der Waals surface area contributed by atoms with E-state index < -0.39 is 0 Å². The minimum Gasteiger partial charge on any atom is -0.369 e. The summed E-state index contributed by atoms with van der Waals surface area (Å²) in [7, 11) is 0. The second-order valence-electron chi connectivity index (χ2n) is 10.9. The summed E-state index contributed by atoms with van der Waals surface area (Å²) < 4.78 is 0. The number of aromatic nitrogens is 2. The number of hydrogen-bond donors (Lipinski definition) is 2. The third-order valence-corrected chi connectivity index (χ3v) is 8.34. The zero-order valence-electron chi connectivity index (χ0n) is 21.5. The number of fused-ring (bicyclic) bond motifs is 2. The molecule has 7 heteroatoms. The van der Waals surface area contributed by atoms with Gasteiger partial charge in [0.2, 0.25) is 5.91 Å². The fourth-order valence-corrected chi connectivity index (χ4v) is 6.38. The van der Waals surface area contributed by atoms with Gasteiger partial charge >= 0.3 is 0 Å². The lowest BCUT2D eigenvalue weighted by atomic mass is 9.89. The van der Waals surface area contributed by atoms with Gasteiger partial charge in [0.25, 0.3) is 0 Å². The topological polar surface area (TPSA) is 84.1 Å². The lowest BCUT2D eigenvalue weighted by Crippen LogP contribution is -2.27. The standard InChI is InChI=1S/C30H37N5O.ClH/c31-23-14-16-35(19-23)29-24-9-5-2-6-10-26(24)33-27-12-11-21(17-25(27)29)22-13-15-32-28(18-22)34-30(36)20-7-3-1-4-8-20;/h11-13,15,17-18,20,23H,1-10,14,16,19,31H2,(H,32,34,36);1H. The van der Waals surface area contributed by atoms with E-state index in [2.05, 4.69) is 33.4 Å². The first-order chi connectivity index (χ1) is 17.7. The SMILES string of the molecule is Cl.NC1CCN(c2c3c(nc4ccc(-c5ccnc(NC(=O)C6CCCCC6)c5)cc24)CCCCC3)C1. The summed E-state index contributed by atoms with van der Waals surface area (Å²) in [6.07, 6.45) is 14.2.